The predicted molar refractivity (Wildman–Crippen MR) is 76.2 cm³/mol. The number of nitrogens with zero attached hydrogens (tertiary/aromatic N) is 2. The van der Waals surface area contributed by atoms with Crippen molar-refractivity contribution in [3.8, 4) is 5.75 Å². The van der Waals surface area contributed by atoms with Crippen LogP contribution in [0.5, 0.6) is 5.75 Å². The molecule has 2 rings (SSSR count). The van der Waals surface area contributed by atoms with E-state index in [2.05, 4.69) is 0 Å². The van der Waals surface area contributed by atoms with Crippen LogP contribution in [0.1, 0.15) is 15.9 Å². The van der Waals surface area contributed by atoms with Gasteiger partial charge in [-0.25, -0.2) is 0 Å². The topological polar surface area (TPSA) is 113 Å². The maximum atomic E-state index is 12.3. The van der Waals surface area contributed by atoms with E-state index in [-0.39, 0.29) is 11.1 Å². The Morgan fingerprint density at radius 2 is 1.41 bits per heavy atom. The molecule has 0 radical (unpaired) electrons. The molecule has 0 fully saturated rings. The lowest BCUT2D eigenvalue weighted by molar-refractivity contribution is -0.394. The average Bonchev–Trinajstić information content (AvgIpc) is 2.53. The van der Waals surface area contributed by atoms with Crippen LogP contribution >= 0.6 is 0 Å². The smallest absolute Gasteiger partial charge is 0.277 e. The number of carbonyl (C=O) groups excluding carboxylic acids is 1. The third-order valence-electron chi connectivity index (χ3n) is 2.94. The zero-order chi connectivity index (χ0) is 16.3. The first-order chi connectivity index (χ1) is 10.4. The molecular weight excluding hydrogens is 292 g/mol. The number of non-ortho nitro benzene ring substituents is 2. The largest absolute Gasteiger partial charge is 0.497 e. The number of carbonyl (C=O) groups is 1. The average molecular weight is 302 g/mol. The molecular formula is C14H10N2O6. The number of nitro benzene ring substituents is 2. The summed E-state index contributed by atoms with van der Waals surface area (Å²) < 4.78 is 4.97. The van der Waals surface area contributed by atoms with Crippen molar-refractivity contribution in [3.63, 3.8) is 0 Å². The summed E-state index contributed by atoms with van der Waals surface area (Å²) in [5.74, 6) is -0.00368. The van der Waals surface area contributed by atoms with Crippen molar-refractivity contribution >= 4 is 17.2 Å². The Bertz CT molecular complexity index is 722. The van der Waals surface area contributed by atoms with Crippen LogP contribution in [-0.4, -0.2) is 22.7 Å². The summed E-state index contributed by atoms with van der Waals surface area (Å²) in [6.45, 7) is 0. The van der Waals surface area contributed by atoms with Gasteiger partial charge in [0.2, 0.25) is 0 Å². The van der Waals surface area contributed by atoms with Gasteiger partial charge in [-0.1, -0.05) is 0 Å². The molecule has 112 valence electrons. The van der Waals surface area contributed by atoms with Crippen molar-refractivity contribution in [2.24, 2.45) is 0 Å². The van der Waals surface area contributed by atoms with Crippen LogP contribution < -0.4 is 4.74 Å². The van der Waals surface area contributed by atoms with Crippen molar-refractivity contribution in [2.75, 3.05) is 7.11 Å². The molecule has 2 aromatic carbocycles. The second-order valence-corrected chi connectivity index (χ2v) is 4.31. The second-order valence-electron chi connectivity index (χ2n) is 4.31. The number of ketones is 1. The van der Waals surface area contributed by atoms with E-state index in [0.717, 1.165) is 18.2 Å². The molecule has 0 saturated carbocycles. The van der Waals surface area contributed by atoms with Crippen molar-refractivity contribution < 1.29 is 19.4 Å². The number of ether oxygens (including phenoxy) is 1. The molecule has 0 heterocycles. The molecule has 0 saturated heterocycles. The number of benzene rings is 2. The summed E-state index contributed by atoms with van der Waals surface area (Å²) >= 11 is 0. The molecule has 22 heavy (non-hydrogen) atoms. The Balaban J connectivity index is 2.47. The lowest BCUT2D eigenvalue weighted by Crippen LogP contribution is -2.04. The SMILES string of the molecule is COc1ccc(C(=O)c2cc([N+](=O)[O-])cc([N+](=O)[O-])c2)cc1. The molecule has 0 aromatic heterocycles. The Morgan fingerprint density at radius 3 is 1.82 bits per heavy atom. The standard InChI is InChI=1S/C14H10N2O6/c1-22-13-4-2-9(3-5-13)14(17)10-6-11(15(18)19)8-12(7-10)16(20)21/h2-8H,1H3. The van der Waals surface area contributed by atoms with Crippen molar-refractivity contribution in [2.45, 2.75) is 0 Å². The number of methoxy groups -OCH3 is 1. The zero-order valence-electron chi connectivity index (χ0n) is 11.4. The molecule has 8 nitrogen and oxygen atoms in total. The van der Waals surface area contributed by atoms with Crippen LogP contribution in [0.25, 0.3) is 0 Å². The molecule has 0 bridgehead atoms. The van der Waals surface area contributed by atoms with Crippen LogP contribution in [0, 0.1) is 20.2 Å². The highest BCUT2D eigenvalue weighted by Crippen LogP contribution is 2.25. The summed E-state index contributed by atoms with van der Waals surface area (Å²) in [4.78, 5) is 32.4. The van der Waals surface area contributed by atoms with Crippen LogP contribution in [0.4, 0.5) is 11.4 Å². The van der Waals surface area contributed by atoms with E-state index in [1.165, 1.54) is 19.2 Å². The maximum absolute atomic E-state index is 12.3. The van der Waals surface area contributed by atoms with E-state index in [4.69, 9.17) is 4.74 Å². The molecule has 0 aliphatic carbocycles. The van der Waals surface area contributed by atoms with Crippen molar-refractivity contribution in [1.82, 2.24) is 0 Å². The number of hydrogen-bond acceptors (Lipinski definition) is 6. The summed E-state index contributed by atoms with van der Waals surface area (Å²) in [5.41, 5.74) is -0.890. The van der Waals surface area contributed by atoms with Crippen LogP contribution in [0.15, 0.2) is 42.5 Å². The van der Waals surface area contributed by atoms with Gasteiger partial charge in [-0.3, -0.25) is 25.0 Å². The summed E-state index contributed by atoms with van der Waals surface area (Å²) in [5, 5.41) is 21.7. The van der Waals surface area contributed by atoms with E-state index in [9.17, 15) is 25.0 Å². The zero-order valence-corrected chi connectivity index (χ0v) is 11.4. The summed E-state index contributed by atoms with van der Waals surface area (Å²) in [7, 11) is 1.47. The Labute approximate surface area is 124 Å². The fourth-order valence-corrected chi connectivity index (χ4v) is 1.85. The van der Waals surface area contributed by atoms with Crippen LogP contribution in [0.3, 0.4) is 0 Å². The predicted octanol–water partition coefficient (Wildman–Crippen LogP) is 2.74. The molecule has 0 spiro atoms. The highest BCUT2D eigenvalue weighted by Gasteiger charge is 2.20. The van der Waals surface area contributed by atoms with Crippen LogP contribution in [0.2, 0.25) is 0 Å². The van der Waals surface area contributed by atoms with Gasteiger partial charge in [0.25, 0.3) is 11.4 Å². The van der Waals surface area contributed by atoms with Gasteiger partial charge < -0.3 is 4.74 Å². The highest BCUT2D eigenvalue weighted by atomic mass is 16.6. The first-order valence-electron chi connectivity index (χ1n) is 6.05. The first kappa shape index (κ1) is 15.1. The van der Waals surface area contributed by atoms with E-state index in [1.54, 1.807) is 12.1 Å². The normalized spacial score (nSPS) is 10.0. The van der Waals surface area contributed by atoms with Gasteiger partial charge in [-0.2, -0.15) is 0 Å². The van der Waals surface area contributed by atoms with Gasteiger partial charge in [0.05, 0.1) is 23.0 Å². The molecule has 0 atom stereocenters. The van der Waals surface area contributed by atoms with E-state index >= 15 is 0 Å². The van der Waals surface area contributed by atoms with Gasteiger partial charge in [-0.05, 0) is 24.3 Å². The maximum Gasteiger partial charge on any atom is 0.277 e. The fraction of sp³-hybridized carbons (Fsp3) is 0.0714. The minimum absolute atomic E-state index is 0.119. The molecule has 2 aromatic rings. The lowest BCUT2D eigenvalue weighted by atomic mass is 10.0. The van der Waals surface area contributed by atoms with E-state index in [1.807, 2.05) is 0 Å². The summed E-state index contributed by atoms with van der Waals surface area (Å²) in [6, 6.07) is 8.90. The minimum atomic E-state index is -0.780. The Morgan fingerprint density at radius 1 is 0.909 bits per heavy atom. The number of nitro groups is 2. The third kappa shape index (κ3) is 3.06. The first-order valence-corrected chi connectivity index (χ1v) is 6.05. The molecule has 0 unspecified atom stereocenters. The van der Waals surface area contributed by atoms with Crippen molar-refractivity contribution in [1.29, 1.82) is 0 Å². The molecule has 0 N–H and O–H groups in total. The van der Waals surface area contributed by atoms with Gasteiger partial charge in [0.1, 0.15) is 5.75 Å². The minimum Gasteiger partial charge on any atom is -0.497 e. The van der Waals surface area contributed by atoms with Gasteiger partial charge in [-0.15, -0.1) is 0 Å². The van der Waals surface area contributed by atoms with Gasteiger partial charge in [0.15, 0.2) is 5.78 Å². The second kappa shape index (κ2) is 6.00. The number of rotatable bonds is 5. The highest BCUT2D eigenvalue weighted by molar-refractivity contribution is 6.09. The van der Waals surface area contributed by atoms with E-state index in [0.29, 0.717) is 5.75 Å². The van der Waals surface area contributed by atoms with E-state index < -0.39 is 27.0 Å². The molecule has 0 aliphatic rings. The third-order valence-corrected chi connectivity index (χ3v) is 2.94. The molecule has 0 aliphatic heterocycles. The quantitative estimate of drug-likeness (QED) is 0.476. The molecule has 8 heteroatoms. The van der Waals surface area contributed by atoms with Gasteiger partial charge >= 0.3 is 0 Å². The van der Waals surface area contributed by atoms with Crippen LogP contribution in [-0.2, 0) is 0 Å². The fourth-order valence-electron chi connectivity index (χ4n) is 1.85. The summed E-state index contributed by atoms with van der Waals surface area (Å²) in [6.07, 6.45) is 0. The monoisotopic (exact) mass is 302 g/mol. The molecule has 0 amide bonds. The van der Waals surface area contributed by atoms with Crippen molar-refractivity contribution in [3.05, 3.63) is 73.8 Å². The Kier molecular flexibility index (Phi) is 4.12. The van der Waals surface area contributed by atoms with Gasteiger partial charge in [0, 0.05) is 23.3 Å². The number of hydrogen-bond donors (Lipinski definition) is 0. The Hall–Kier alpha value is -3.29. The lowest BCUT2D eigenvalue weighted by Gasteiger charge is -2.03.